The van der Waals surface area contributed by atoms with E-state index < -0.39 is 72.9 Å². The second-order valence-electron chi connectivity index (χ2n) is 10.1. The van der Waals surface area contributed by atoms with E-state index in [1.165, 1.54) is 4.57 Å². The number of para-hydroxylation sites is 1. The Bertz CT molecular complexity index is 1830. The van der Waals surface area contributed by atoms with E-state index in [0.717, 1.165) is 27.7 Å². The van der Waals surface area contributed by atoms with Gasteiger partial charge in [-0.3, -0.25) is 28.5 Å². The van der Waals surface area contributed by atoms with Crippen molar-refractivity contribution in [2.24, 2.45) is 4.99 Å². The van der Waals surface area contributed by atoms with Gasteiger partial charge in [0.15, 0.2) is 24.5 Å². The highest BCUT2D eigenvalue weighted by Crippen LogP contribution is 2.43. The lowest BCUT2D eigenvalue weighted by atomic mass is 9.97. The van der Waals surface area contributed by atoms with E-state index in [4.69, 9.17) is 35.3 Å². The van der Waals surface area contributed by atoms with Crippen LogP contribution in [0.5, 0.6) is 5.88 Å². The monoisotopic (exact) mass is 626 g/mol. The van der Waals surface area contributed by atoms with Crippen LogP contribution in [0.2, 0.25) is 5.02 Å². The van der Waals surface area contributed by atoms with Crippen LogP contribution in [0.15, 0.2) is 47.5 Å². The number of hydrogen-bond acceptors (Lipinski definition) is 11. The fourth-order valence-electron chi connectivity index (χ4n) is 5.50. The molecule has 44 heavy (non-hydrogen) atoms. The molecule has 13 nitrogen and oxygen atoms in total. The average Bonchev–Trinajstić information content (AvgIpc) is 3.40. The Morgan fingerprint density at radius 2 is 1.55 bits per heavy atom. The Hall–Kier alpha value is -4.75. The molecule has 0 bridgehead atoms. The van der Waals surface area contributed by atoms with Gasteiger partial charge in [-0.25, -0.2) is 4.99 Å². The molecule has 14 heteroatoms. The summed E-state index contributed by atoms with van der Waals surface area (Å²) in [6.07, 6.45) is -7.08. The van der Waals surface area contributed by atoms with Crippen molar-refractivity contribution < 1.29 is 52.8 Å². The van der Waals surface area contributed by atoms with Crippen LogP contribution in [0.4, 0.5) is 0 Å². The maximum absolute atomic E-state index is 13.2. The van der Waals surface area contributed by atoms with Crippen LogP contribution >= 0.6 is 11.6 Å². The summed E-state index contributed by atoms with van der Waals surface area (Å²) in [6.45, 7) is 4.04. The molecule has 0 radical (unpaired) electrons. The number of carbonyl (C=O) groups excluding carboxylic acids is 5. The number of fused-ring (bicyclic) bond motifs is 2. The molecule has 3 aromatic rings. The minimum atomic E-state index is -1.50. The summed E-state index contributed by atoms with van der Waals surface area (Å²) in [7, 11) is 0. The summed E-state index contributed by atoms with van der Waals surface area (Å²) in [6, 6.07) is 11.4. The van der Waals surface area contributed by atoms with E-state index in [0.29, 0.717) is 26.5 Å². The van der Waals surface area contributed by atoms with Gasteiger partial charge in [-0.2, -0.15) is 0 Å². The number of aromatic hydroxyl groups is 1. The highest BCUT2D eigenvalue weighted by atomic mass is 35.5. The normalized spacial score (nSPS) is 22.6. The van der Waals surface area contributed by atoms with Crippen molar-refractivity contribution in [3.05, 3.63) is 63.6 Å². The number of nitrogens with zero attached hydrogens (tertiary/aromatic N) is 2. The van der Waals surface area contributed by atoms with E-state index in [2.05, 4.69) is 4.99 Å². The van der Waals surface area contributed by atoms with Crippen molar-refractivity contribution in [3.63, 3.8) is 0 Å². The third-order valence-corrected chi connectivity index (χ3v) is 7.25. The van der Waals surface area contributed by atoms with Crippen LogP contribution in [0.25, 0.3) is 16.5 Å². The first-order chi connectivity index (χ1) is 20.9. The van der Waals surface area contributed by atoms with Crippen LogP contribution in [-0.4, -0.2) is 70.5 Å². The molecule has 2 aromatic carbocycles. The Morgan fingerprint density at radius 1 is 0.909 bits per heavy atom. The van der Waals surface area contributed by atoms with Gasteiger partial charge >= 0.3 is 23.9 Å². The first-order valence-electron chi connectivity index (χ1n) is 13.4. The maximum Gasteiger partial charge on any atom is 0.303 e. The molecule has 230 valence electrons. The molecule has 2 aliphatic rings. The molecule has 0 unspecified atom stereocenters. The van der Waals surface area contributed by atoms with Gasteiger partial charge in [0.2, 0.25) is 5.88 Å². The zero-order valence-corrected chi connectivity index (χ0v) is 24.7. The van der Waals surface area contributed by atoms with Crippen molar-refractivity contribution in [2.75, 3.05) is 6.61 Å². The molecule has 0 spiro atoms. The lowest BCUT2D eigenvalue weighted by Crippen LogP contribution is -2.60. The lowest BCUT2D eigenvalue weighted by Gasteiger charge is -2.45. The van der Waals surface area contributed by atoms with E-state index in [1.54, 1.807) is 42.5 Å². The van der Waals surface area contributed by atoms with Gasteiger partial charge < -0.3 is 28.8 Å². The molecule has 1 fully saturated rings. The number of aromatic nitrogens is 1. The number of amides is 1. The van der Waals surface area contributed by atoms with Crippen molar-refractivity contribution in [2.45, 2.75) is 58.3 Å². The van der Waals surface area contributed by atoms with Crippen molar-refractivity contribution >= 4 is 57.9 Å². The fourth-order valence-corrected chi connectivity index (χ4v) is 5.67. The van der Waals surface area contributed by atoms with Crippen LogP contribution in [0, 0.1) is 0 Å². The summed E-state index contributed by atoms with van der Waals surface area (Å²) >= 11 is 6.24. The molecular weight excluding hydrogens is 600 g/mol. The predicted molar refractivity (Wildman–Crippen MR) is 151 cm³/mol. The third-order valence-electron chi connectivity index (χ3n) is 7.02. The largest absolute Gasteiger partial charge is 0.494 e. The van der Waals surface area contributed by atoms with Gasteiger partial charge in [0, 0.05) is 43.3 Å². The summed E-state index contributed by atoms with van der Waals surface area (Å²) in [5.74, 6) is -4.16. The number of halogens is 1. The summed E-state index contributed by atoms with van der Waals surface area (Å²) in [5.41, 5.74) is 0.500. The third kappa shape index (κ3) is 5.75. The number of esters is 4. The summed E-state index contributed by atoms with van der Waals surface area (Å²) in [5, 5.41) is 13.4. The number of hydrogen-bond donors (Lipinski definition) is 1. The maximum atomic E-state index is 13.2. The summed E-state index contributed by atoms with van der Waals surface area (Å²) in [4.78, 5) is 65.8. The molecule has 0 aliphatic carbocycles. The zero-order valence-electron chi connectivity index (χ0n) is 23.9. The highest BCUT2D eigenvalue weighted by molar-refractivity contribution is 6.31. The molecule has 3 heterocycles. The number of benzene rings is 2. The first-order valence-corrected chi connectivity index (χ1v) is 13.8. The van der Waals surface area contributed by atoms with E-state index in [9.17, 15) is 29.1 Å². The van der Waals surface area contributed by atoms with Gasteiger partial charge in [0.25, 0.3) is 5.91 Å². The molecule has 1 aromatic heterocycles. The Morgan fingerprint density at radius 3 is 2.20 bits per heavy atom. The van der Waals surface area contributed by atoms with Gasteiger partial charge in [-0.05, 0) is 24.3 Å². The van der Waals surface area contributed by atoms with Crippen molar-refractivity contribution in [3.8, 4) is 5.88 Å². The van der Waals surface area contributed by atoms with Crippen LogP contribution in [-0.2, 0) is 47.7 Å². The molecule has 1 N–H and O–H groups in total. The van der Waals surface area contributed by atoms with Crippen LogP contribution < -0.4 is 10.6 Å². The molecule has 5 rings (SSSR count). The van der Waals surface area contributed by atoms with Crippen LogP contribution in [0.3, 0.4) is 0 Å². The molecule has 1 amide bonds. The summed E-state index contributed by atoms with van der Waals surface area (Å²) < 4.78 is 29.3. The quantitative estimate of drug-likeness (QED) is 0.299. The minimum Gasteiger partial charge on any atom is -0.494 e. The Balaban J connectivity index is 1.77. The van der Waals surface area contributed by atoms with Crippen LogP contribution in [0.1, 0.15) is 39.5 Å². The number of carbonyl (C=O) groups is 5. The second kappa shape index (κ2) is 12.1. The minimum absolute atomic E-state index is 0.0700. The lowest BCUT2D eigenvalue weighted by molar-refractivity contribution is -0.268. The van der Waals surface area contributed by atoms with E-state index in [1.807, 2.05) is 0 Å². The van der Waals surface area contributed by atoms with Gasteiger partial charge in [-0.1, -0.05) is 29.8 Å². The SMILES string of the molecule is CC(=O)OC[C@H]1O[C@@H](n2c(O)c(C3=c4cc(Cl)ccc4=NC3=O)c3ccccc32)[C@H](OC(C)=O)[C@@H](OC(C)=O)[C@@H]1OC(C)=O. The topological polar surface area (TPSA) is 169 Å². The van der Waals surface area contributed by atoms with Gasteiger partial charge in [0.1, 0.15) is 12.7 Å². The predicted octanol–water partition coefficient (Wildman–Crippen LogP) is 1.61. The van der Waals surface area contributed by atoms with E-state index >= 15 is 0 Å². The highest BCUT2D eigenvalue weighted by Gasteiger charge is 2.53. The smallest absolute Gasteiger partial charge is 0.303 e. The fraction of sp³-hybridized carbons (Fsp3) is 0.333. The van der Waals surface area contributed by atoms with Crippen molar-refractivity contribution in [1.82, 2.24) is 4.57 Å². The Labute approximate surface area is 254 Å². The van der Waals surface area contributed by atoms with E-state index in [-0.39, 0.29) is 11.1 Å². The van der Waals surface area contributed by atoms with Gasteiger partial charge in [-0.15, -0.1) is 0 Å². The average molecular weight is 627 g/mol. The molecule has 5 atom stereocenters. The molecular formula is C30H27ClN2O11. The number of rotatable bonds is 7. The van der Waals surface area contributed by atoms with Gasteiger partial charge in [0.05, 0.1) is 22.0 Å². The first kappa shape index (κ1) is 30.7. The van der Waals surface area contributed by atoms with Crippen molar-refractivity contribution in [1.29, 1.82) is 0 Å². The second-order valence-corrected chi connectivity index (χ2v) is 10.6. The molecule has 1 saturated heterocycles. The number of ether oxygens (including phenoxy) is 5. The Kier molecular flexibility index (Phi) is 8.44. The standard InChI is InChI=1S/C30H27ClN2O11/c1-13(34)40-12-22-25(41-14(2)35)26(42-15(3)36)27(43-16(4)37)30(44-22)33-21-8-6-5-7-18(21)24(29(33)39)23-19-11-17(31)9-10-20(19)32-28(23)38/h5-11,22,25-27,30,39H,12H2,1-4H3/t22-,25-,26+,27-,30-/m1/s1. The zero-order chi connectivity index (χ0) is 31.9. The molecule has 2 aliphatic heterocycles. The molecule has 0 saturated carbocycles.